The molecule has 2 rings (SSSR count). The molecule has 1 atom stereocenters. The first kappa shape index (κ1) is 11.2. The molecule has 0 aliphatic rings. The van der Waals surface area contributed by atoms with Gasteiger partial charge in [0, 0.05) is 19.8 Å². The Kier molecular flexibility index (Phi) is 3.58. The maximum Gasteiger partial charge on any atom is 0.0361 e. The van der Waals surface area contributed by atoms with Crippen molar-refractivity contribution >= 4 is 24.9 Å². The Balaban J connectivity index is 2.11. The smallest absolute Gasteiger partial charge is 0.0361 e. The number of hydrogen-bond acceptors (Lipinski definition) is 1. The molecule has 0 heterocycles. The molecule has 0 saturated heterocycles. The molecular weight excluding hydrogens is 213 g/mol. The van der Waals surface area contributed by atoms with Gasteiger partial charge in [0.05, 0.1) is 0 Å². The first-order chi connectivity index (χ1) is 7.75. The highest BCUT2D eigenvalue weighted by Gasteiger charge is 1.97. The summed E-state index contributed by atoms with van der Waals surface area (Å²) in [5, 5.41) is 2.77. The lowest BCUT2D eigenvalue weighted by atomic mass is 10.3. The van der Waals surface area contributed by atoms with Gasteiger partial charge in [-0.25, -0.2) is 0 Å². The Morgan fingerprint density at radius 1 is 0.750 bits per heavy atom. The predicted octanol–water partition coefficient (Wildman–Crippen LogP) is 2.38. The van der Waals surface area contributed by atoms with Gasteiger partial charge in [-0.05, 0) is 22.7 Å². The number of nitrogens with zero attached hydrogens (tertiary/aromatic N) is 1. The first-order valence-electron chi connectivity index (χ1n) is 5.35. The highest BCUT2D eigenvalue weighted by molar-refractivity contribution is 7.55. The van der Waals surface area contributed by atoms with Crippen molar-refractivity contribution < 1.29 is 0 Å². The standard InChI is InChI=1S/C14H16NP/c1-15(2)12-8-10-14(11-9-12)16-13-6-4-3-5-7-13/h3-11,16H,1-2H3. The Hall–Kier alpha value is -1.33. The molecule has 0 N–H and O–H groups in total. The van der Waals surface area contributed by atoms with Crippen LogP contribution >= 0.6 is 8.58 Å². The van der Waals surface area contributed by atoms with Gasteiger partial charge in [0.15, 0.2) is 0 Å². The average Bonchev–Trinajstić information content (AvgIpc) is 2.31. The van der Waals surface area contributed by atoms with E-state index in [4.69, 9.17) is 0 Å². The average molecular weight is 229 g/mol. The minimum atomic E-state index is 0.748. The second-order valence-corrected chi connectivity index (χ2v) is 5.34. The van der Waals surface area contributed by atoms with Crippen LogP contribution in [0.1, 0.15) is 0 Å². The van der Waals surface area contributed by atoms with E-state index in [9.17, 15) is 0 Å². The number of hydrogen-bond donors (Lipinski definition) is 0. The topological polar surface area (TPSA) is 3.24 Å². The summed E-state index contributed by atoms with van der Waals surface area (Å²) >= 11 is 0. The van der Waals surface area contributed by atoms with E-state index in [-0.39, 0.29) is 0 Å². The van der Waals surface area contributed by atoms with E-state index in [1.165, 1.54) is 16.3 Å². The van der Waals surface area contributed by atoms with E-state index >= 15 is 0 Å². The summed E-state index contributed by atoms with van der Waals surface area (Å²) in [6, 6.07) is 19.4. The molecule has 82 valence electrons. The van der Waals surface area contributed by atoms with Crippen molar-refractivity contribution in [2.24, 2.45) is 0 Å². The molecule has 0 aliphatic heterocycles. The molecule has 2 aromatic rings. The van der Waals surface area contributed by atoms with Crippen LogP contribution in [-0.4, -0.2) is 14.1 Å². The molecule has 0 fully saturated rings. The van der Waals surface area contributed by atoms with Crippen LogP contribution in [-0.2, 0) is 0 Å². The van der Waals surface area contributed by atoms with Crippen LogP contribution in [0.5, 0.6) is 0 Å². The van der Waals surface area contributed by atoms with Crippen LogP contribution in [0.4, 0.5) is 5.69 Å². The lowest BCUT2D eigenvalue weighted by molar-refractivity contribution is 1.13. The molecule has 0 radical (unpaired) electrons. The lowest BCUT2D eigenvalue weighted by Gasteiger charge is -2.12. The van der Waals surface area contributed by atoms with E-state index in [2.05, 4.69) is 73.6 Å². The molecule has 0 bridgehead atoms. The summed E-state index contributed by atoms with van der Waals surface area (Å²) in [4.78, 5) is 2.12. The Morgan fingerprint density at radius 3 is 1.88 bits per heavy atom. The maximum atomic E-state index is 2.21. The second-order valence-electron chi connectivity index (χ2n) is 3.93. The molecule has 0 amide bonds. The van der Waals surface area contributed by atoms with Crippen LogP contribution in [0.25, 0.3) is 0 Å². The third kappa shape index (κ3) is 2.84. The maximum absolute atomic E-state index is 2.21. The van der Waals surface area contributed by atoms with Crippen molar-refractivity contribution in [2.45, 2.75) is 0 Å². The van der Waals surface area contributed by atoms with Crippen LogP contribution in [0, 0.1) is 0 Å². The summed E-state index contributed by atoms with van der Waals surface area (Å²) in [5.74, 6) is 0. The summed E-state index contributed by atoms with van der Waals surface area (Å²) < 4.78 is 0. The third-order valence-electron chi connectivity index (χ3n) is 2.45. The Morgan fingerprint density at radius 2 is 1.31 bits per heavy atom. The fourth-order valence-electron chi connectivity index (χ4n) is 1.53. The predicted molar refractivity (Wildman–Crippen MR) is 74.8 cm³/mol. The van der Waals surface area contributed by atoms with Crippen LogP contribution in [0.15, 0.2) is 54.6 Å². The summed E-state index contributed by atoms with van der Waals surface area (Å²) in [5.41, 5.74) is 1.25. The van der Waals surface area contributed by atoms with Gasteiger partial charge >= 0.3 is 0 Å². The summed E-state index contributed by atoms with van der Waals surface area (Å²) in [7, 11) is 4.88. The van der Waals surface area contributed by atoms with Crippen molar-refractivity contribution in [1.29, 1.82) is 0 Å². The zero-order valence-corrected chi connectivity index (χ0v) is 10.6. The van der Waals surface area contributed by atoms with E-state index in [0.717, 1.165) is 8.58 Å². The summed E-state index contributed by atoms with van der Waals surface area (Å²) in [6.07, 6.45) is 0. The van der Waals surface area contributed by atoms with Gasteiger partial charge in [0.25, 0.3) is 0 Å². The van der Waals surface area contributed by atoms with Crippen molar-refractivity contribution in [1.82, 2.24) is 0 Å². The molecule has 1 unspecified atom stereocenters. The van der Waals surface area contributed by atoms with E-state index in [1.807, 2.05) is 0 Å². The monoisotopic (exact) mass is 229 g/mol. The number of rotatable bonds is 3. The van der Waals surface area contributed by atoms with Crippen molar-refractivity contribution in [3.05, 3.63) is 54.6 Å². The summed E-state index contributed by atoms with van der Waals surface area (Å²) in [6.45, 7) is 0. The molecule has 1 nitrogen and oxygen atoms in total. The van der Waals surface area contributed by atoms with E-state index in [0.29, 0.717) is 0 Å². The molecular formula is C14H16NP. The molecule has 16 heavy (non-hydrogen) atoms. The van der Waals surface area contributed by atoms with Gasteiger partial charge in [-0.2, -0.15) is 0 Å². The highest BCUT2D eigenvalue weighted by atomic mass is 31.1. The number of anilines is 1. The molecule has 2 heteroatoms. The molecule has 0 saturated carbocycles. The van der Waals surface area contributed by atoms with Crippen molar-refractivity contribution in [2.75, 3.05) is 19.0 Å². The second kappa shape index (κ2) is 5.14. The van der Waals surface area contributed by atoms with E-state index < -0.39 is 0 Å². The van der Waals surface area contributed by atoms with E-state index in [1.54, 1.807) is 0 Å². The normalized spacial score (nSPS) is 10.9. The molecule has 0 spiro atoms. The Labute approximate surface area is 98.9 Å². The molecule has 2 aromatic carbocycles. The van der Waals surface area contributed by atoms with Gasteiger partial charge in [-0.1, -0.05) is 51.0 Å². The van der Waals surface area contributed by atoms with Crippen LogP contribution < -0.4 is 15.5 Å². The van der Waals surface area contributed by atoms with Gasteiger partial charge in [0.1, 0.15) is 0 Å². The van der Waals surface area contributed by atoms with Gasteiger partial charge < -0.3 is 4.90 Å². The van der Waals surface area contributed by atoms with Crippen LogP contribution in [0.2, 0.25) is 0 Å². The van der Waals surface area contributed by atoms with Crippen LogP contribution in [0.3, 0.4) is 0 Å². The first-order valence-corrected chi connectivity index (χ1v) is 6.35. The van der Waals surface area contributed by atoms with Gasteiger partial charge in [-0.15, -0.1) is 0 Å². The van der Waals surface area contributed by atoms with Crippen molar-refractivity contribution in [3.63, 3.8) is 0 Å². The fraction of sp³-hybridized carbons (Fsp3) is 0.143. The zero-order valence-electron chi connectivity index (χ0n) is 9.64. The quantitative estimate of drug-likeness (QED) is 0.730. The van der Waals surface area contributed by atoms with Gasteiger partial charge in [0.2, 0.25) is 0 Å². The minimum Gasteiger partial charge on any atom is -0.378 e. The fourth-order valence-corrected chi connectivity index (χ4v) is 2.56. The van der Waals surface area contributed by atoms with Crippen molar-refractivity contribution in [3.8, 4) is 0 Å². The number of benzene rings is 2. The zero-order chi connectivity index (χ0) is 11.4. The third-order valence-corrected chi connectivity index (χ3v) is 3.69. The Bertz CT molecular complexity index is 434. The largest absolute Gasteiger partial charge is 0.378 e. The molecule has 0 aromatic heterocycles. The molecule has 0 aliphatic carbocycles. The lowest BCUT2D eigenvalue weighted by Crippen LogP contribution is -2.10. The minimum absolute atomic E-state index is 0.748. The SMILES string of the molecule is CN(C)c1ccc(Pc2ccccc2)cc1. The highest BCUT2D eigenvalue weighted by Crippen LogP contribution is 2.14. The van der Waals surface area contributed by atoms with Gasteiger partial charge in [-0.3, -0.25) is 0 Å².